The maximum Gasteiger partial charge on any atom is 0.255 e. The SMILES string of the molecule is CN(C)[C@@H]1C(O)=C(C(N)=O)C(=O)[C@@]2(O)C(O)=C3C(=O)c4c(O)cccc4[C@@](C)(O)[C@H]3C[C@@]12O. The Morgan fingerprint density at radius 3 is 2.27 bits per heavy atom. The predicted molar refractivity (Wildman–Crippen MR) is 111 cm³/mol. The number of aromatic hydroxyl groups is 1. The van der Waals surface area contributed by atoms with Crippen molar-refractivity contribution in [2.45, 2.75) is 36.2 Å². The Balaban J connectivity index is 2.11. The molecule has 1 aromatic carbocycles. The number of phenols is 1. The van der Waals surface area contributed by atoms with Gasteiger partial charge in [-0.1, -0.05) is 12.1 Å². The van der Waals surface area contributed by atoms with Gasteiger partial charge in [0.05, 0.1) is 11.2 Å². The number of hydrogen-bond donors (Lipinski definition) is 7. The number of phenolic OH excluding ortho intramolecular Hbond substituents is 1. The van der Waals surface area contributed by atoms with Crippen LogP contribution in [0.2, 0.25) is 0 Å². The number of rotatable bonds is 2. The van der Waals surface area contributed by atoms with E-state index >= 15 is 0 Å². The molecule has 11 heteroatoms. The molecule has 33 heavy (non-hydrogen) atoms. The van der Waals surface area contributed by atoms with Crippen molar-refractivity contribution in [3.05, 3.63) is 52.0 Å². The first-order valence-corrected chi connectivity index (χ1v) is 10.1. The van der Waals surface area contributed by atoms with Crippen molar-refractivity contribution >= 4 is 17.5 Å². The van der Waals surface area contributed by atoms with Gasteiger partial charge in [0.1, 0.15) is 34.5 Å². The molecule has 0 saturated heterocycles. The van der Waals surface area contributed by atoms with Crippen LogP contribution in [0.5, 0.6) is 5.75 Å². The highest BCUT2D eigenvalue weighted by molar-refractivity contribution is 6.25. The van der Waals surface area contributed by atoms with Crippen LogP contribution in [0.15, 0.2) is 40.9 Å². The molecule has 0 radical (unpaired) electrons. The van der Waals surface area contributed by atoms with Crippen molar-refractivity contribution in [3.8, 4) is 5.75 Å². The minimum atomic E-state index is -3.25. The summed E-state index contributed by atoms with van der Waals surface area (Å²) in [5.41, 5.74) is -4.61. The largest absolute Gasteiger partial charge is 0.510 e. The quantitative estimate of drug-likeness (QED) is 0.266. The lowest BCUT2D eigenvalue weighted by atomic mass is 9.53. The van der Waals surface area contributed by atoms with Gasteiger partial charge in [0.15, 0.2) is 5.78 Å². The summed E-state index contributed by atoms with van der Waals surface area (Å²) in [6.45, 7) is 1.29. The Labute approximate surface area is 187 Å². The van der Waals surface area contributed by atoms with Gasteiger partial charge in [0.25, 0.3) is 5.91 Å². The molecule has 0 spiro atoms. The van der Waals surface area contributed by atoms with Crippen molar-refractivity contribution in [2.75, 3.05) is 14.1 Å². The highest BCUT2D eigenvalue weighted by Crippen LogP contribution is 2.58. The smallest absolute Gasteiger partial charge is 0.255 e. The molecular weight excluding hydrogens is 436 g/mol. The third-order valence-corrected chi connectivity index (χ3v) is 7.11. The summed E-state index contributed by atoms with van der Waals surface area (Å²) in [5, 5.41) is 66.8. The minimum absolute atomic E-state index is 0.0178. The molecule has 0 saturated carbocycles. The van der Waals surface area contributed by atoms with Gasteiger partial charge < -0.3 is 36.4 Å². The highest BCUT2D eigenvalue weighted by Gasteiger charge is 2.73. The van der Waals surface area contributed by atoms with Crippen molar-refractivity contribution in [2.24, 2.45) is 11.7 Å². The maximum absolute atomic E-state index is 13.3. The molecule has 11 nitrogen and oxygen atoms in total. The van der Waals surface area contributed by atoms with E-state index in [1.165, 1.54) is 44.1 Å². The number of Topliss-reactive ketones (excluding diaryl/α,β-unsaturated/α-hetero) is 2. The monoisotopic (exact) mass is 460 g/mol. The second-order valence-corrected chi connectivity index (χ2v) is 9.15. The average Bonchev–Trinajstić information content (AvgIpc) is 2.69. The van der Waals surface area contributed by atoms with Crippen LogP contribution < -0.4 is 5.73 Å². The number of nitrogens with two attached hydrogens (primary N) is 1. The molecule has 3 aliphatic carbocycles. The lowest BCUT2D eigenvalue weighted by Crippen LogP contribution is -2.75. The van der Waals surface area contributed by atoms with E-state index in [-0.39, 0.29) is 11.1 Å². The molecule has 1 amide bonds. The van der Waals surface area contributed by atoms with E-state index in [0.717, 1.165) is 0 Å². The van der Waals surface area contributed by atoms with Gasteiger partial charge in [-0.25, -0.2) is 0 Å². The summed E-state index contributed by atoms with van der Waals surface area (Å²) in [7, 11) is 2.75. The number of aliphatic hydroxyl groups is 5. The fourth-order valence-corrected chi connectivity index (χ4v) is 5.58. The molecule has 1 aromatic rings. The number of primary amides is 1. The molecule has 0 unspecified atom stereocenters. The summed E-state index contributed by atoms with van der Waals surface area (Å²) in [4.78, 5) is 39.7. The fraction of sp³-hybridized carbons (Fsp3) is 0.409. The molecule has 3 aliphatic rings. The van der Waals surface area contributed by atoms with Gasteiger partial charge in [0, 0.05) is 11.5 Å². The number of ketones is 2. The zero-order valence-corrected chi connectivity index (χ0v) is 18.0. The van der Waals surface area contributed by atoms with Crippen LogP contribution in [-0.4, -0.2) is 84.4 Å². The first-order chi connectivity index (χ1) is 15.1. The molecule has 5 atom stereocenters. The van der Waals surface area contributed by atoms with E-state index in [4.69, 9.17) is 5.73 Å². The van der Waals surface area contributed by atoms with Gasteiger partial charge in [-0.15, -0.1) is 0 Å². The van der Waals surface area contributed by atoms with E-state index in [2.05, 4.69) is 0 Å². The van der Waals surface area contributed by atoms with Gasteiger partial charge in [-0.2, -0.15) is 0 Å². The number of likely N-dealkylation sites (N-methyl/N-ethyl adjacent to an activating group) is 1. The molecule has 4 rings (SSSR count). The summed E-state index contributed by atoms with van der Waals surface area (Å²) in [5.74, 6) is -8.04. The van der Waals surface area contributed by atoms with Gasteiger partial charge in [-0.05, 0) is 39.1 Å². The van der Waals surface area contributed by atoms with Gasteiger partial charge in [-0.3, -0.25) is 19.3 Å². The molecule has 0 aliphatic heterocycles. The van der Waals surface area contributed by atoms with Gasteiger partial charge in [0.2, 0.25) is 11.4 Å². The lowest BCUT2D eigenvalue weighted by molar-refractivity contribution is -0.207. The second-order valence-electron chi connectivity index (χ2n) is 9.15. The predicted octanol–water partition coefficient (Wildman–Crippen LogP) is -1.10. The number of carbonyl (C=O) groups is 3. The molecule has 8 N–H and O–H groups in total. The zero-order chi connectivity index (χ0) is 24.8. The first kappa shape index (κ1) is 22.9. The third-order valence-electron chi connectivity index (χ3n) is 7.11. The van der Waals surface area contributed by atoms with Crippen LogP contribution in [0.1, 0.15) is 29.3 Å². The molecule has 0 bridgehead atoms. The average molecular weight is 460 g/mol. The third kappa shape index (κ3) is 2.50. The number of fused-ring (bicyclic) bond motifs is 3. The molecule has 176 valence electrons. The summed E-state index contributed by atoms with van der Waals surface area (Å²) in [6.07, 6.45) is -0.679. The van der Waals surface area contributed by atoms with Crippen LogP contribution in [0.25, 0.3) is 0 Å². The van der Waals surface area contributed by atoms with Crippen LogP contribution >= 0.6 is 0 Å². The van der Waals surface area contributed by atoms with E-state index in [1.54, 1.807) is 0 Å². The van der Waals surface area contributed by atoms with Crippen molar-refractivity contribution in [3.63, 3.8) is 0 Å². The molecular formula is C22H24N2O9. The molecule has 0 aromatic heterocycles. The van der Waals surface area contributed by atoms with Crippen LogP contribution in [-0.2, 0) is 15.2 Å². The Bertz CT molecular complexity index is 1200. The normalized spacial score (nSPS) is 36.0. The number of hydrogen-bond acceptors (Lipinski definition) is 10. The van der Waals surface area contributed by atoms with E-state index < -0.39 is 81.1 Å². The Morgan fingerprint density at radius 1 is 1.12 bits per heavy atom. The summed E-state index contributed by atoms with van der Waals surface area (Å²) < 4.78 is 0. The van der Waals surface area contributed by atoms with E-state index in [0.29, 0.717) is 0 Å². The molecule has 0 fully saturated rings. The topological polar surface area (TPSA) is 202 Å². The van der Waals surface area contributed by atoms with Crippen molar-refractivity contribution in [1.82, 2.24) is 4.90 Å². The number of nitrogens with zero attached hydrogens (tertiary/aromatic N) is 1. The fourth-order valence-electron chi connectivity index (χ4n) is 5.58. The highest BCUT2D eigenvalue weighted by atomic mass is 16.4. The van der Waals surface area contributed by atoms with Crippen molar-refractivity contribution < 1.29 is 45.0 Å². The Kier molecular flexibility index (Phi) is 4.61. The van der Waals surface area contributed by atoms with E-state index in [1.807, 2.05) is 0 Å². The van der Waals surface area contributed by atoms with Gasteiger partial charge >= 0.3 is 0 Å². The first-order valence-electron chi connectivity index (χ1n) is 10.1. The number of aliphatic hydroxyl groups excluding tert-OH is 2. The van der Waals surface area contributed by atoms with Crippen LogP contribution in [0.4, 0.5) is 0 Å². The van der Waals surface area contributed by atoms with E-state index in [9.17, 15) is 45.0 Å². The zero-order valence-electron chi connectivity index (χ0n) is 18.0. The number of amides is 1. The Hall–Kier alpha value is -3.25. The standard InChI is InChI=1S/C22H24N2O9/c1-20(31)8-5-4-6-10(25)11(8)14(26)12-9(20)7-21(32)16(24(2)3)15(27)13(19(23)30)18(29)22(21,33)17(12)28/h4-6,9,16,25,27-28,31-33H,7H2,1-3H3,(H2,23,30)/t9-,16+,20+,21+,22-/m0/s1. The minimum Gasteiger partial charge on any atom is -0.510 e. The summed E-state index contributed by atoms with van der Waals surface area (Å²) in [6, 6.07) is 2.36. The maximum atomic E-state index is 13.3. The molecule has 0 heterocycles. The second kappa shape index (κ2) is 6.64. The number of benzene rings is 1. The number of carbonyl (C=O) groups excluding carboxylic acids is 3. The summed E-state index contributed by atoms with van der Waals surface area (Å²) >= 11 is 0. The van der Waals surface area contributed by atoms with Crippen LogP contribution in [0, 0.1) is 5.92 Å². The Morgan fingerprint density at radius 2 is 1.73 bits per heavy atom. The lowest BCUT2D eigenvalue weighted by Gasteiger charge is -2.57. The van der Waals surface area contributed by atoms with Crippen molar-refractivity contribution in [1.29, 1.82) is 0 Å². The van der Waals surface area contributed by atoms with Crippen LogP contribution in [0.3, 0.4) is 0 Å².